The Kier molecular flexibility index (Phi) is 5.95. The Hall–Kier alpha value is -3.10. The maximum atomic E-state index is 13.1. The van der Waals surface area contributed by atoms with E-state index in [1.807, 2.05) is 25.1 Å². The van der Waals surface area contributed by atoms with Crippen molar-refractivity contribution in [3.05, 3.63) is 89.0 Å². The molecule has 0 amide bonds. The number of benzene rings is 3. The number of anilines is 1. The Bertz CT molecular complexity index is 1290. The smallest absolute Gasteiger partial charge is 0.416 e. The third-order valence-corrected chi connectivity index (χ3v) is 7.24. The predicted octanol–water partition coefficient (Wildman–Crippen LogP) is 6.39. The largest absolute Gasteiger partial charge is 0.508 e. The summed E-state index contributed by atoms with van der Waals surface area (Å²) in [6.45, 7) is 4.81. The van der Waals surface area contributed by atoms with Crippen LogP contribution in [0.4, 0.5) is 18.3 Å². The molecule has 0 radical (unpaired) electrons. The number of fused-ring (bicyclic) bond motifs is 1. The Morgan fingerprint density at radius 2 is 1.82 bits per heavy atom. The van der Waals surface area contributed by atoms with Gasteiger partial charge in [0, 0.05) is 26.2 Å². The Morgan fingerprint density at radius 1 is 1.03 bits per heavy atom. The number of halogens is 3. The molecule has 2 heterocycles. The van der Waals surface area contributed by atoms with E-state index in [2.05, 4.69) is 33.0 Å². The SMILES string of the molecule is Cc1cc(O)cc(CN2CCN(c3nc4ccc(C(F)(F)F)cc4s3)CC2c2ccccc2)c1. The van der Waals surface area contributed by atoms with Crippen LogP contribution in [0.15, 0.2) is 66.7 Å². The van der Waals surface area contributed by atoms with Crippen LogP contribution in [0.1, 0.15) is 28.3 Å². The molecule has 34 heavy (non-hydrogen) atoms. The first-order chi connectivity index (χ1) is 16.3. The molecule has 0 spiro atoms. The van der Waals surface area contributed by atoms with Crippen LogP contribution in [-0.4, -0.2) is 34.6 Å². The fraction of sp³-hybridized carbons (Fsp3) is 0.269. The second-order valence-electron chi connectivity index (χ2n) is 8.70. The molecule has 4 aromatic rings. The molecule has 1 fully saturated rings. The Morgan fingerprint density at radius 3 is 2.56 bits per heavy atom. The van der Waals surface area contributed by atoms with E-state index in [4.69, 9.17) is 0 Å². The number of hydrogen-bond acceptors (Lipinski definition) is 5. The lowest BCUT2D eigenvalue weighted by molar-refractivity contribution is -0.137. The van der Waals surface area contributed by atoms with Gasteiger partial charge in [-0.3, -0.25) is 4.90 Å². The van der Waals surface area contributed by atoms with Gasteiger partial charge in [0.2, 0.25) is 0 Å². The van der Waals surface area contributed by atoms with Crippen molar-refractivity contribution in [3.8, 4) is 5.75 Å². The lowest BCUT2D eigenvalue weighted by atomic mass is 10.0. The summed E-state index contributed by atoms with van der Waals surface area (Å²) in [7, 11) is 0. The maximum absolute atomic E-state index is 13.1. The van der Waals surface area contributed by atoms with Crippen LogP contribution in [0.2, 0.25) is 0 Å². The van der Waals surface area contributed by atoms with Gasteiger partial charge in [0.15, 0.2) is 5.13 Å². The van der Waals surface area contributed by atoms with Crippen LogP contribution in [0.5, 0.6) is 5.75 Å². The number of aromatic hydroxyl groups is 1. The standard InChI is InChI=1S/C26H24F3N3OS/c1-17-11-18(13-21(33)12-17)15-31-9-10-32(16-23(31)19-5-3-2-4-6-19)25-30-22-8-7-20(26(27,28)29)14-24(22)34-25/h2-8,11-14,23,33H,9-10,15-16H2,1H3. The summed E-state index contributed by atoms with van der Waals surface area (Å²) < 4.78 is 40.0. The van der Waals surface area contributed by atoms with Gasteiger partial charge >= 0.3 is 6.18 Å². The van der Waals surface area contributed by atoms with E-state index in [0.717, 1.165) is 28.9 Å². The first kappa shape index (κ1) is 22.7. The molecule has 4 nitrogen and oxygen atoms in total. The highest BCUT2D eigenvalue weighted by Gasteiger charge is 2.32. The molecule has 1 aliphatic heterocycles. The molecule has 8 heteroatoms. The summed E-state index contributed by atoms with van der Waals surface area (Å²) in [4.78, 5) is 9.20. The summed E-state index contributed by atoms with van der Waals surface area (Å²) >= 11 is 1.30. The van der Waals surface area contributed by atoms with Crippen LogP contribution < -0.4 is 4.90 Å². The first-order valence-corrected chi connectivity index (χ1v) is 11.9. The number of thiazole rings is 1. The van der Waals surface area contributed by atoms with Crippen molar-refractivity contribution < 1.29 is 18.3 Å². The van der Waals surface area contributed by atoms with Crippen LogP contribution in [0.25, 0.3) is 10.2 Å². The lowest BCUT2D eigenvalue weighted by Gasteiger charge is -2.41. The average Bonchev–Trinajstić information content (AvgIpc) is 3.22. The van der Waals surface area contributed by atoms with Crippen LogP contribution >= 0.6 is 11.3 Å². The molecule has 1 aliphatic rings. The molecule has 1 atom stereocenters. The fourth-order valence-electron chi connectivity index (χ4n) is 4.57. The van der Waals surface area contributed by atoms with E-state index in [1.54, 1.807) is 12.1 Å². The van der Waals surface area contributed by atoms with Gasteiger partial charge in [0.25, 0.3) is 0 Å². The monoisotopic (exact) mass is 483 g/mol. The molecular formula is C26H24F3N3OS. The van der Waals surface area contributed by atoms with Crippen LogP contribution in [0, 0.1) is 6.92 Å². The number of hydrogen-bond donors (Lipinski definition) is 1. The number of aromatic nitrogens is 1. The van der Waals surface area contributed by atoms with Gasteiger partial charge in [0.1, 0.15) is 5.75 Å². The minimum atomic E-state index is -4.37. The second-order valence-corrected chi connectivity index (χ2v) is 9.71. The van der Waals surface area contributed by atoms with Crippen molar-refractivity contribution in [2.45, 2.75) is 25.7 Å². The molecule has 1 unspecified atom stereocenters. The number of phenols is 1. The minimum Gasteiger partial charge on any atom is -0.508 e. The highest BCUT2D eigenvalue weighted by atomic mass is 32.1. The van der Waals surface area contributed by atoms with Gasteiger partial charge in [-0.05, 0) is 53.9 Å². The highest BCUT2D eigenvalue weighted by Crippen LogP contribution is 2.37. The molecule has 0 aliphatic carbocycles. The highest BCUT2D eigenvalue weighted by molar-refractivity contribution is 7.22. The number of rotatable bonds is 4. The topological polar surface area (TPSA) is 39.6 Å². The molecule has 176 valence electrons. The second kappa shape index (κ2) is 8.92. The zero-order valence-electron chi connectivity index (χ0n) is 18.6. The molecule has 0 bridgehead atoms. The van der Waals surface area contributed by atoms with E-state index in [1.165, 1.54) is 29.0 Å². The molecule has 0 saturated carbocycles. The molecule has 3 aromatic carbocycles. The van der Waals surface area contributed by atoms with Gasteiger partial charge < -0.3 is 10.0 Å². The third-order valence-electron chi connectivity index (χ3n) is 6.16. The maximum Gasteiger partial charge on any atom is 0.416 e. The predicted molar refractivity (Wildman–Crippen MR) is 129 cm³/mol. The normalized spacial score (nSPS) is 17.4. The number of alkyl halides is 3. The summed E-state index contributed by atoms with van der Waals surface area (Å²) in [5.41, 5.74) is 3.17. The zero-order valence-corrected chi connectivity index (χ0v) is 19.4. The van der Waals surface area contributed by atoms with Gasteiger partial charge in [-0.2, -0.15) is 13.2 Å². The summed E-state index contributed by atoms with van der Waals surface area (Å²) in [5, 5.41) is 10.8. The number of piperazine rings is 1. The molecule has 1 aromatic heterocycles. The number of phenolic OH excluding ortho intramolecular Hbond substituents is 1. The quantitative estimate of drug-likeness (QED) is 0.365. The average molecular weight is 484 g/mol. The molecule has 5 rings (SSSR count). The molecule has 1 N–H and O–H groups in total. The van der Waals surface area contributed by atoms with E-state index >= 15 is 0 Å². The summed E-state index contributed by atoms with van der Waals surface area (Å²) in [6.07, 6.45) is -4.37. The van der Waals surface area contributed by atoms with Crippen molar-refractivity contribution in [2.75, 3.05) is 24.5 Å². The third kappa shape index (κ3) is 4.74. The van der Waals surface area contributed by atoms with Crippen molar-refractivity contribution in [3.63, 3.8) is 0 Å². The summed E-state index contributed by atoms with van der Waals surface area (Å²) in [6, 6.07) is 19.6. The Labute approximate surface area is 199 Å². The van der Waals surface area contributed by atoms with Crippen molar-refractivity contribution >= 4 is 26.7 Å². The van der Waals surface area contributed by atoms with Crippen molar-refractivity contribution in [2.24, 2.45) is 0 Å². The van der Waals surface area contributed by atoms with Crippen molar-refractivity contribution in [1.29, 1.82) is 0 Å². The number of aryl methyl sites for hydroxylation is 1. The molecule has 1 saturated heterocycles. The minimum absolute atomic E-state index is 0.0790. The lowest BCUT2D eigenvalue weighted by Crippen LogP contribution is -2.48. The van der Waals surface area contributed by atoms with Gasteiger partial charge in [0.05, 0.1) is 21.8 Å². The Balaban J connectivity index is 1.43. The summed E-state index contributed by atoms with van der Waals surface area (Å²) in [5.74, 6) is 0.262. The van der Waals surface area contributed by atoms with E-state index in [0.29, 0.717) is 29.9 Å². The van der Waals surface area contributed by atoms with Crippen LogP contribution in [0.3, 0.4) is 0 Å². The fourth-order valence-corrected chi connectivity index (χ4v) is 5.61. The van der Waals surface area contributed by atoms with Gasteiger partial charge in [-0.15, -0.1) is 0 Å². The van der Waals surface area contributed by atoms with Gasteiger partial charge in [-0.25, -0.2) is 4.98 Å². The van der Waals surface area contributed by atoms with E-state index < -0.39 is 11.7 Å². The van der Waals surface area contributed by atoms with E-state index in [9.17, 15) is 18.3 Å². The molecular weight excluding hydrogens is 459 g/mol. The first-order valence-electron chi connectivity index (χ1n) is 11.1. The van der Waals surface area contributed by atoms with E-state index in [-0.39, 0.29) is 11.8 Å². The van der Waals surface area contributed by atoms with Crippen LogP contribution in [-0.2, 0) is 12.7 Å². The zero-order chi connectivity index (χ0) is 23.9. The van der Waals surface area contributed by atoms with Gasteiger partial charge in [-0.1, -0.05) is 47.7 Å². The number of nitrogens with zero attached hydrogens (tertiary/aromatic N) is 3. The van der Waals surface area contributed by atoms with Crippen molar-refractivity contribution in [1.82, 2.24) is 9.88 Å².